The highest BCUT2D eigenvalue weighted by Gasteiger charge is 2.31. The van der Waals surface area contributed by atoms with Crippen LogP contribution in [0.5, 0.6) is 0 Å². The summed E-state index contributed by atoms with van der Waals surface area (Å²) >= 11 is 0. The Morgan fingerprint density at radius 1 is 1.50 bits per heavy atom. The topological polar surface area (TPSA) is 29.4 Å². The molecular weight excluding hydrogens is 150 g/mol. The van der Waals surface area contributed by atoms with Gasteiger partial charge in [0.2, 0.25) is 0 Å². The zero-order valence-corrected chi connectivity index (χ0v) is 6.60. The molecule has 1 unspecified atom stereocenters. The van der Waals surface area contributed by atoms with E-state index in [0.717, 1.165) is 11.9 Å². The maximum absolute atomic E-state index is 10.9. The Bertz CT molecular complexity index is 323. The van der Waals surface area contributed by atoms with Gasteiger partial charge in [-0.2, -0.15) is 0 Å². The second-order valence-electron chi connectivity index (χ2n) is 3.00. The highest BCUT2D eigenvalue weighted by atomic mass is 16.1. The number of hydrogen-bond acceptors (Lipinski definition) is 2. The number of hydrogen-bond donors (Lipinski definition) is 0. The maximum Gasteiger partial charge on any atom is 0.134 e. The van der Waals surface area contributed by atoms with Crippen LogP contribution in [-0.2, 0) is 4.79 Å². The molecule has 0 aromatic rings. The first-order valence-electron chi connectivity index (χ1n) is 3.92. The Labute approximate surface area is 71.0 Å². The Morgan fingerprint density at radius 2 is 2.42 bits per heavy atom. The maximum atomic E-state index is 10.9. The molecule has 0 bridgehead atoms. The van der Waals surface area contributed by atoms with Gasteiger partial charge in [-0.1, -0.05) is 24.3 Å². The van der Waals surface area contributed by atoms with Gasteiger partial charge in [-0.25, -0.2) is 0 Å². The van der Waals surface area contributed by atoms with Crippen molar-refractivity contribution in [2.24, 2.45) is 10.4 Å². The van der Waals surface area contributed by atoms with Gasteiger partial charge in [0.1, 0.15) is 6.29 Å². The molecule has 2 aliphatic rings. The van der Waals surface area contributed by atoms with Crippen molar-refractivity contribution >= 4 is 12.5 Å². The van der Waals surface area contributed by atoms with Gasteiger partial charge >= 0.3 is 0 Å². The van der Waals surface area contributed by atoms with E-state index in [2.05, 4.69) is 4.99 Å². The Kier molecular flexibility index (Phi) is 1.54. The molecule has 2 heteroatoms. The van der Waals surface area contributed by atoms with Gasteiger partial charge < -0.3 is 4.79 Å². The fourth-order valence-electron chi connectivity index (χ4n) is 1.48. The molecule has 0 radical (unpaired) electrons. The van der Waals surface area contributed by atoms with Crippen molar-refractivity contribution in [3.63, 3.8) is 0 Å². The molecular formula is C10H9NO. The molecule has 1 atom stereocenters. The Hall–Kier alpha value is -1.44. The summed E-state index contributed by atoms with van der Waals surface area (Å²) in [5.74, 6) is 0. The van der Waals surface area contributed by atoms with Crippen molar-refractivity contribution < 1.29 is 4.79 Å². The molecule has 1 heterocycles. The van der Waals surface area contributed by atoms with E-state index in [0.29, 0.717) is 6.42 Å². The monoisotopic (exact) mass is 159 g/mol. The van der Waals surface area contributed by atoms with Crippen LogP contribution < -0.4 is 0 Å². The Morgan fingerprint density at radius 3 is 3.17 bits per heavy atom. The van der Waals surface area contributed by atoms with Crippen LogP contribution in [-0.4, -0.2) is 12.5 Å². The minimum atomic E-state index is -0.420. The number of fused-ring (bicyclic) bond motifs is 1. The zero-order chi connectivity index (χ0) is 8.44. The highest BCUT2D eigenvalue weighted by molar-refractivity contribution is 5.79. The lowest BCUT2D eigenvalue weighted by molar-refractivity contribution is -0.112. The SMILES string of the molecule is O=CC12C=CC=CC1=CN=CC2. The van der Waals surface area contributed by atoms with Crippen molar-refractivity contribution in [2.75, 3.05) is 0 Å². The smallest absolute Gasteiger partial charge is 0.134 e. The second kappa shape index (κ2) is 2.55. The number of nitrogens with zero attached hydrogens (tertiary/aromatic N) is 1. The quantitative estimate of drug-likeness (QED) is 0.535. The molecule has 1 aliphatic heterocycles. The van der Waals surface area contributed by atoms with E-state index in [1.54, 1.807) is 12.4 Å². The molecule has 0 amide bonds. The van der Waals surface area contributed by atoms with Crippen LogP contribution in [0, 0.1) is 5.41 Å². The molecule has 60 valence electrons. The van der Waals surface area contributed by atoms with Crippen molar-refractivity contribution in [1.82, 2.24) is 0 Å². The third kappa shape index (κ3) is 0.881. The molecule has 0 saturated carbocycles. The number of rotatable bonds is 1. The van der Waals surface area contributed by atoms with Crippen LogP contribution in [0.2, 0.25) is 0 Å². The fraction of sp³-hybridized carbons (Fsp3) is 0.200. The zero-order valence-electron chi connectivity index (χ0n) is 6.60. The van der Waals surface area contributed by atoms with E-state index in [1.807, 2.05) is 24.3 Å². The summed E-state index contributed by atoms with van der Waals surface area (Å²) in [6.07, 6.45) is 12.9. The standard InChI is InChI=1S/C10H9NO/c12-8-10-4-2-1-3-9(10)7-11-6-5-10/h1-4,6-8H,5H2. The van der Waals surface area contributed by atoms with E-state index in [-0.39, 0.29) is 0 Å². The molecule has 0 aromatic carbocycles. The van der Waals surface area contributed by atoms with Crippen LogP contribution in [0.1, 0.15) is 6.42 Å². The summed E-state index contributed by atoms with van der Waals surface area (Å²) in [6.45, 7) is 0. The summed E-state index contributed by atoms with van der Waals surface area (Å²) in [7, 11) is 0. The van der Waals surface area contributed by atoms with Crippen LogP contribution in [0.15, 0.2) is 41.1 Å². The Balaban J connectivity index is 2.49. The van der Waals surface area contributed by atoms with E-state index in [4.69, 9.17) is 0 Å². The molecule has 1 aliphatic carbocycles. The predicted molar refractivity (Wildman–Crippen MR) is 48.0 cm³/mol. The minimum Gasteiger partial charge on any atom is -0.302 e. The third-order valence-corrected chi connectivity index (χ3v) is 2.28. The normalized spacial score (nSPS) is 31.2. The number of aldehydes is 1. The van der Waals surface area contributed by atoms with Gasteiger partial charge in [0.05, 0.1) is 5.41 Å². The van der Waals surface area contributed by atoms with Gasteiger partial charge in [-0.3, -0.25) is 4.99 Å². The first-order valence-corrected chi connectivity index (χ1v) is 3.92. The van der Waals surface area contributed by atoms with Crippen molar-refractivity contribution in [3.8, 4) is 0 Å². The number of allylic oxidation sites excluding steroid dienone is 5. The molecule has 0 spiro atoms. The van der Waals surface area contributed by atoms with Gasteiger partial charge in [-0.15, -0.1) is 0 Å². The molecule has 2 rings (SSSR count). The molecule has 0 saturated heterocycles. The predicted octanol–water partition coefficient (Wildman–Crippen LogP) is 1.66. The fourth-order valence-corrected chi connectivity index (χ4v) is 1.48. The summed E-state index contributed by atoms with van der Waals surface area (Å²) in [5, 5.41) is 0. The highest BCUT2D eigenvalue weighted by Crippen LogP contribution is 2.35. The molecule has 12 heavy (non-hydrogen) atoms. The number of carbonyl (C=O) groups is 1. The van der Waals surface area contributed by atoms with Crippen LogP contribution in [0.25, 0.3) is 0 Å². The molecule has 0 N–H and O–H groups in total. The van der Waals surface area contributed by atoms with Crippen molar-refractivity contribution in [1.29, 1.82) is 0 Å². The number of carbonyl (C=O) groups excluding carboxylic acids is 1. The van der Waals surface area contributed by atoms with Gasteiger partial charge in [0, 0.05) is 18.8 Å². The van der Waals surface area contributed by atoms with E-state index in [9.17, 15) is 4.79 Å². The van der Waals surface area contributed by atoms with E-state index in [1.165, 1.54) is 0 Å². The lowest BCUT2D eigenvalue weighted by atomic mass is 9.76. The summed E-state index contributed by atoms with van der Waals surface area (Å²) < 4.78 is 0. The summed E-state index contributed by atoms with van der Waals surface area (Å²) in [5.41, 5.74) is 0.568. The number of aliphatic imine (C=N–C) groups is 1. The molecule has 0 fully saturated rings. The minimum absolute atomic E-state index is 0.420. The van der Waals surface area contributed by atoms with Crippen LogP contribution in [0.4, 0.5) is 0 Å². The van der Waals surface area contributed by atoms with Crippen molar-refractivity contribution in [2.45, 2.75) is 6.42 Å². The van der Waals surface area contributed by atoms with E-state index < -0.39 is 5.41 Å². The summed E-state index contributed by atoms with van der Waals surface area (Å²) in [6, 6.07) is 0. The molecule has 0 aromatic heterocycles. The lowest BCUT2D eigenvalue weighted by Gasteiger charge is -2.27. The lowest BCUT2D eigenvalue weighted by Crippen LogP contribution is -2.25. The van der Waals surface area contributed by atoms with Gasteiger partial charge in [0.15, 0.2) is 0 Å². The van der Waals surface area contributed by atoms with Gasteiger partial charge in [-0.05, 0) is 5.57 Å². The van der Waals surface area contributed by atoms with Crippen LogP contribution >= 0.6 is 0 Å². The van der Waals surface area contributed by atoms with E-state index >= 15 is 0 Å². The average molecular weight is 159 g/mol. The third-order valence-electron chi connectivity index (χ3n) is 2.28. The van der Waals surface area contributed by atoms with Gasteiger partial charge in [0.25, 0.3) is 0 Å². The summed E-state index contributed by atoms with van der Waals surface area (Å²) in [4.78, 5) is 15.0. The largest absolute Gasteiger partial charge is 0.302 e. The average Bonchev–Trinajstić information content (AvgIpc) is 2.18. The van der Waals surface area contributed by atoms with Crippen molar-refractivity contribution in [3.05, 3.63) is 36.1 Å². The first-order chi connectivity index (χ1) is 5.87. The first kappa shape index (κ1) is 7.22. The molecule has 2 nitrogen and oxygen atoms in total. The van der Waals surface area contributed by atoms with Crippen LogP contribution in [0.3, 0.4) is 0 Å². The second-order valence-corrected chi connectivity index (χ2v) is 3.00.